The number of nitrogens with zero attached hydrogens (tertiary/aromatic N) is 2. The van der Waals surface area contributed by atoms with Crippen molar-refractivity contribution in [3.8, 4) is 0 Å². The number of methoxy groups -OCH3 is 1. The van der Waals surface area contributed by atoms with Gasteiger partial charge in [-0.1, -0.05) is 23.7 Å². The minimum Gasteiger partial charge on any atom is -0.383 e. The van der Waals surface area contributed by atoms with Gasteiger partial charge in [0.15, 0.2) is 0 Å². The van der Waals surface area contributed by atoms with Gasteiger partial charge in [-0.15, -0.1) is 11.3 Å². The van der Waals surface area contributed by atoms with Crippen LogP contribution in [0.1, 0.15) is 26.4 Å². The fraction of sp³-hybridized carbons (Fsp3) is 0.280. The van der Waals surface area contributed by atoms with Crippen LogP contribution in [0.3, 0.4) is 0 Å². The lowest BCUT2D eigenvalue weighted by Gasteiger charge is -2.28. The lowest BCUT2D eigenvalue weighted by Crippen LogP contribution is -2.43. The zero-order valence-corrected chi connectivity index (χ0v) is 20.2. The maximum absolute atomic E-state index is 13.4. The molecule has 0 bridgehead atoms. The fourth-order valence-corrected chi connectivity index (χ4v) is 4.32. The van der Waals surface area contributed by atoms with Crippen LogP contribution in [0.15, 0.2) is 60.0 Å². The maximum Gasteiger partial charge on any atom is 0.254 e. The molecule has 1 heterocycles. The minimum absolute atomic E-state index is 0.101. The number of thiophene rings is 1. The van der Waals surface area contributed by atoms with Gasteiger partial charge in [-0.3, -0.25) is 9.59 Å². The second-order valence-electron chi connectivity index (χ2n) is 7.63. The van der Waals surface area contributed by atoms with Crippen molar-refractivity contribution < 1.29 is 18.7 Å². The third-order valence-corrected chi connectivity index (χ3v) is 6.47. The molecule has 0 spiro atoms. The first-order chi connectivity index (χ1) is 15.9. The molecule has 0 N–H and O–H groups in total. The lowest BCUT2D eigenvalue weighted by atomic mass is 10.1. The topological polar surface area (TPSA) is 49.9 Å². The molecule has 3 rings (SSSR count). The van der Waals surface area contributed by atoms with E-state index in [-0.39, 0.29) is 30.7 Å². The van der Waals surface area contributed by atoms with Gasteiger partial charge in [0.25, 0.3) is 5.91 Å². The van der Waals surface area contributed by atoms with Gasteiger partial charge in [0.1, 0.15) is 12.4 Å². The summed E-state index contributed by atoms with van der Waals surface area (Å²) in [5, 5.41) is 2.52. The number of aryl methyl sites for hydroxylation is 1. The van der Waals surface area contributed by atoms with E-state index in [4.69, 9.17) is 16.3 Å². The summed E-state index contributed by atoms with van der Waals surface area (Å²) in [6.07, 6.45) is 0. The molecule has 33 heavy (non-hydrogen) atoms. The number of hydrogen-bond donors (Lipinski definition) is 0. The summed E-state index contributed by atoms with van der Waals surface area (Å²) in [4.78, 5) is 30.8. The van der Waals surface area contributed by atoms with E-state index in [1.54, 1.807) is 59.7 Å². The van der Waals surface area contributed by atoms with E-state index in [1.807, 2.05) is 18.4 Å². The average Bonchev–Trinajstić information content (AvgIpc) is 3.21. The molecule has 5 nitrogen and oxygen atoms in total. The summed E-state index contributed by atoms with van der Waals surface area (Å²) in [5.41, 5.74) is 2.36. The zero-order valence-electron chi connectivity index (χ0n) is 18.6. The quantitative estimate of drug-likeness (QED) is 0.396. The van der Waals surface area contributed by atoms with Crippen molar-refractivity contribution >= 4 is 34.8 Å². The van der Waals surface area contributed by atoms with Crippen LogP contribution in [0.25, 0.3) is 0 Å². The van der Waals surface area contributed by atoms with Gasteiger partial charge in [-0.05, 0) is 65.9 Å². The van der Waals surface area contributed by atoms with Crippen molar-refractivity contribution in [1.29, 1.82) is 0 Å². The first-order valence-corrected chi connectivity index (χ1v) is 11.7. The molecule has 8 heteroatoms. The maximum atomic E-state index is 13.4. The Morgan fingerprint density at radius 1 is 1.00 bits per heavy atom. The predicted molar refractivity (Wildman–Crippen MR) is 129 cm³/mol. The highest BCUT2D eigenvalue weighted by atomic mass is 35.5. The Kier molecular flexibility index (Phi) is 9.00. The fourth-order valence-electron chi connectivity index (χ4n) is 3.27. The van der Waals surface area contributed by atoms with Gasteiger partial charge in [0.05, 0.1) is 13.2 Å². The van der Waals surface area contributed by atoms with E-state index < -0.39 is 0 Å². The number of rotatable bonds is 10. The van der Waals surface area contributed by atoms with Crippen LogP contribution in [0.5, 0.6) is 0 Å². The second kappa shape index (κ2) is 11.9. The first kappa shape index (κ1) is 24.9. The van der Waals surface area contributed by atoms with Gasteiger partial charge in [-0.25, -0.2) is 4.39 Å². The largest absolute Gasteiger partial charge is 0.383 e. The second-order valence-corrected chi connectivity index (χ2v) is 9.07. The van der Waals surface area contributed by atoms with Gasteiger partial charge >= 0.3 is 0 Å². The van der Waals surface area contributed by atoms with E-state index in [2.05, 4.69) is 0 Å². The van der Waals surface area contributed by atoms with Crippen LogP contribution in [0.4, 0.5) is 4.39 Å². The van der Waals surface area contributed by atoms with Crippen molar-refractivity contribution in [3.63, 3.8) is 0 Å². The van der Waals surface area contributed by atoms with Crippen molar-refractivity contribution in [1.82, 2.24) is 9.80 Å². The van der Waals surface area contributed by atoms with Gasteiger partial charge in [-0.2, -0.15) is 0 Å². The monoisotopic (exact) mass is 488 g/mol. The molecule has 0 atom stereocenters. The zero-order chi connectivity index (χ0) is 23.8. The highest BCUT2D eigenvalue weighted by molar-refractivity contribution is 7.10. The average molecular weight is 489 g/mol. The summed E-state index contributed by atoms with van der Waals surface area (Å²) < 4.78 is 18.5. The highest BCUT2D eigenvalue weighted by Gasteiger charge is 2.23. The molecule has 0 saturated carbocycles. The summed E-state index contributed by atoms with van der Waals surface area (Å²) >= 11 is 7.52. The predicted octanol–water partition coefficient (Wildman–Crippen LogP) is 5.17. The number of benzene rings is 2. The Hall–Kier alpha value is -2.74. The van der Waals surface area contributed by atoms with Crippen LogP contribution in [0, 0.1) is 12.7 Å². The molecule has 0 unspecified atom stereocenters. The van der Waals surface area contributed by atoms with E-state index in [9.17, 15) is 14.0 Å². The van der Waals surface area contributed by atoms with Crippen molar-refractivity contribution in [2.45, 2.75) is 20.0 Å². The molecule has 0 aliphatic rings. The van der Waals surface area contributed by atoms with E-state index in [0.29, 0.717) is 30.3 Å². The van der Waals surface area contributed by atoms with Gasteiger partial charge < -0.3 is 14.5 Å². The Morgan fingerprint density at radius 3 is 2.30 bits per heavy atom. The molecule has 0 saturated heterocycles. The molecular weight excluding hydrogens is 463 g/mol. The standard InChI is InChI=1S/C25H26ClFN2O3S/c1-18-11-14-33-23(18)16-29(15-19-3-9-22(27)10-4-19)24(30)17-28(12-13-32-2)25(31)20-5-7-21(26)8-6-20/h3-11,14H,12-13,15-17H2,1-2H3. The molecule has 1 aromatic heterocycles. The van der Waals surface area contributed by atoms with Crippen LogP contribution in [-0.2, 0) is 22.6 Å². The first-order valence-electron chi connectivity index (χ1n) is 10.5. The molecule has 0 aliphatic carbocycles. The van der Waals surface area contributed by atoms with Crippen molar-refractivity contribution in [3.05, 3.63) is 92.4 Å². The van der Waals surface area contributed by atoms with Crippen LogP contribution >= 0.6 is 22.9 Å². The molecule has 0 aliphatic heterocycles. The van der Waals surface area contributed by atoms with Crippen molar-refractivity contribution in [2.75, 3.05) is 26.8 Å². The summed E-state index contributed by atoms with van der Waals surface area (Å²) in [5.74, 6) is -0.804. The molecule has 2 aromatic carbocycles. The van der Waals surface area contributed by atoms with Gasteiger partial charge in [0.2, 0.25) is 5.91 Å². The normalized spacial score (nSPS) is 10.8. The number of halogens is 2. The Labute approximate surface area is 202 Å². The molecule has 2 amide bonds. The number of amides is 2. The third-order valence-electron chi connectivity index (χ3n) is 5.21. The van der Waals surface area contributed by atoms with Gasteiger partial charge in [0, 0.05) is 35.7 Å². The van der Waals surface area contributed by atoms with Crippen LogP contribution in [0.2, 0.25) is 5.02 Å². The Balaban J connectivity index is 1.81. The third kappa shape index (κ3) is 7.12. The SMILES string of the molecule is COCCN(CC(=O)N(Cc1ccc(F)cc1)Cc1sccc1C)C(=O)c1ccc(Cl)cc1. The summed E-state index contributed by atoms with van der Waals surface area (Å²) in [6.45, 7) is 3.19. The Bertz CT molecular complexity index is 1070. The molecule has 174 valence electrons. The minimum atomic E-state index is -0.329. The van der Waals surface area contributed by atoms with Crippen LogP contribution < -0.4 is 0 Å². The number of hydrogen-bond acceptors (Lipinski definition) is 4. The van der Waals surface area contributed by atoms with Crippen molar-refractivity contribution in [2.24, 2.45) is 0 Å². The molecular formula is C25H26ClFN2O3S. The molecule has 0 radical (unpaired) electrons. The number of ether oxygens (including phenoxy) is 1. The number of carbonyl (C=O) groups excluding carboxylic acids is 2. The summed E-state index contributed by atoms with van der Waals surface area (Å²) in [7, 11) is 1.55. The van der Waals surface area contributed by atoms with E-state index in [0.717, 1.165) is 16.0 Å². The highest BCUT2D eigenvalue weighted by Crippen LogP contribution is 2.20. The summed E-state index contributed by atoms with van der Waals surface area (Å²) in [6, 6.07) is 14.7. The lowest BCUT2D eigenvalue weighted by molar-refractivity contribution is -0.133. The smallest absolute Gasteiger partial charge is 0.254 e. The Morgan fingerprint density at radius 2 is 1.70 bits per heavy atom. The molecule has 3 aromatic rings. The van der Waals surface area contributed by atoms with E-state index in [1.165, 1.54) is 17.0 Å². The number of carbonyl (C=O) groups is 2. The molecule has 0 fully saturated rings. The van der Waals surface area contributed by atoms with E-state index >= 15 is 0 Å². The van der Waals surface area contributed by atoms with Crippen LogP contribution in [-0.4, -0.2) is 48.4 Å².